The average Bonchev–Trinajstić information content (AvgIpc) is 2.42. The molecular formula is C16H34N2S. The first-order chi connectivity index (χ1) is 9.24. The normalized spacial score (nSPS) is 18.3. The number of thiol groups is 1. The Labute approximate surface area is 126 Å². The lowest BCUT2D eigenvalue weighted by atomic mass is 10.1. The molecule has 1 aliphatic heterocycles. The molecule has 3 heteroatoms. The van der Waals surface area contributed by atoms with Gasteiger partial charge in [-0.2, -0.15) is 12.6 Å². The minimum absolute atomic E-state index is 0.722. The lowest BCUT2D eigenvalue weighted by Gasteiger charge is -2.36. The molecule has 1 aliphatic rings. The number of unbranched alkanes of at least 4 members (excludes halogenated alkanes) is 6. The Morgan fingerprint density at radius 2 is 1.32 bits per heavy atom. The summed E-state index contributed by atoms with van der Waals surface area (Å²) in [6, 6.07) is 0.722. The second-order valence-corrected chi connectivity index (χ2v) is 6.62. The van der Waals surface area contributed by atoms with E-state index in [1.807, 2.05) is 0 Å². The van der Waals surface area contributed by atoms with Crippen LogP contribution in [0.5, 0.6) is 0 Å². The Hall–Kier alpha value is 0.270. The van der Waals surface area contributed by atoms with E-state index in [0.29, 0.717) is 0 Å². The highest BCUT2D eigenvalue weighted by Crippen LogP contribution is 2.10. The highest BCUT2D eigenvalue weighted by Gasteiger charge is 2.17. The molecule has 0 aliphatic carbocycles. The van der Waals surface area contributed by atoms with Crippen LogP contribution in [0.3, 0.4) is 0 Å². The van der Waals surface area contributed by atoms with Gasteiger partial charge in [0.05, 0.1) is 0 Å². The largest absolute Gasteiger partial charge is 0.301 e. The van der Waals surface area contributed by atoms with E-state index in [9.17, 15) is 0 Å². The van der Waals surface area contributed by atoms with Gasteiger partial charge in [-0.15, -0.1) is 0 Å². The van der Waals surface area contributed by atoms with Crippen LogP contribution in [-0.2, 0) is 0 Å². The molecular weight excluding hydrogens is 252 g/mol. The van der Waals surface area contributed by atoms with Gasteiger partial charge in [-0.3, -0.25) is 4.90 Å². The van der Waals surface area contributed by atoms with Gasteiger partial charge in [0.25, 0.3) is 0 Å². The third kappa shape index (κ3) is 8.21. The molecule has 114 valence electrons. The van der Waals surface area contributed by atoms with Crippen molar-refractivity contribution in [2.75, 3.05) is 38.5 Å². The predicted molar refractivity (Wildman–Crippen MR) is 89.3 cm³/mol. The fraction of sp³-hybridized carbons (Fsp3) is 1.00. The van der Waals surface area contributed by atoms with E-state index in [-0.39, 0.29) is 0 Å². The molecule has 0 atom stereocenters. The summed E-state index contributed by atoms with van der Waals surface area (Å²) < 4.78 is 0. The van der Waals surface area contributed by atoms with E-state index in [1.54, 1.807) is 0 Å². The minimum atomic E-state index is 0.722. The van der Waals surface area contributed by atoms with Crippen LogP contribution in [0.1, 0.15) is 58.8 Å². The lowest BCUT2D eigenvalue weighted by Crippen LogP contribution is -2.48. The number of rotatable bonds is 10. The summed E-state index contributed by atoms with van der Waals surface area (Å²) in [4.78, 5) is 5.25. The molecule has 1 fully saturated rings. The number of hydrogen-bond acceptors (Lipinski definition) is 3. The van der Waals surface area contributed by atoms with E-state index in [1.165, 1.54) is 77.7 Å². The molecule has 1 saturated heterocycles. The molecule has 0 unspecified atom stereocenters. The van der Waals surface area contributed by atoms with Crippen molar-refractivity contribution >= 4 is 12.6 Å². The van der Waals surface area contributed by atoms with E-state index >= 15 is 0 Å². The molecule has 0 N–H and O–H groups in total. The van der Waals surface area contributed by atoms with Gasteiger partial charge in [-0.1, -0.05) is 32.1 Å². The molecule has 0 spiro atoms. The van der Waals surface area contributed by atoms with Crippen LogP contribution in [0.25, 0.3) is 0 Å². The maximum absolute atomic E-state index is 4.25. The number of piperazine rings is 1. The average molecular weight is 287 g/mol. The van der Waals surface area contributed by atoms with Crippen LogP contribution in [0.15, 0.2) is 0 Å². The van der Waals surface area contributed by atoms with E-state index in [2.05, 4.69) is 36.3 Å². The first kappa shape index (κ1) is 17.3. The third-order valence-corrected chi connectivity index (χ3v) is 4.59. The van der Waals surface area contributed by atoms with Crippen molar-refractivity contribution in [3.05, 3.63) is 0 Å². The molecule has 0 radical (unpaired) electrons. The van der Waals surface area contributed by atoms with Crippen molar-refractivity contribution in [1.82, 2.24) is 9.80 Å². The van der Waals surface area contributed by atoms with Gasteiger partial charge >= 0.3 is 0 Å². The molecule has 0 aromatic rings. The Balaban J connectivity index is 1.88. The van der Waals surface area contributed by atoms with Crippen LogP contribution in [-0.4, -0.2) is 54.3 Å². The van der Waals surface area contributed by atoms with Gasteiger partial charge in [0, 0.05) is 32.2 Å². The summed E-state index contributed by atoms with van der Waals surface area (Å²) in [7, 11) is 0. The second kappa shape index (κ2) is 11.0. The molecule has 19 heavy (non-hydrogen) atoms. The van der Waals surface area contributed by atoms with E-state index < -0.39 is 0 Å². The Kier molecular flexibility index (Phi) is 10.0. The first-order valence-corrected chi connectivity index (χ1v) is 8.94. The highest BCUT2D eigenvalue weighted by atomic mass is 32.1. The predicted octanol–water partition coefficient (Wildman–Crippen LogP) is 3.67. The Morgan fingerprint density at radius 1 is 0.789 bits per heavy atom. The summed E-state index contributed by atoms with van der Waals surface area (Å²) in [5, 5.41) is 0. The van der Waals surface area contributed by atoms with Crippen molar-refractivity contribution < 1.29 is 0 Å². The maximum atomic E-state index is 4.25. The summed E-state index contributed by atoms with van der Waals surface area (Å²) in [5.74, 6) is 1.06. The smallest absolute Gasteiger partial charge is 0.0113 e. The van der Waals surface area contributed by atoms with Crippen LogP contribution in [0, 0.1) is 0 Å². The summed E-state index contributed by atoms with van der Waals surface area (Å²) in [6.07, 6.45) is 9.75. The topological polar surface area (TPSA) is 6.48 Å². The quantitative estimate of drug-likeness (QED) is 0.483. The zero-order valence-electron chi connectivity index (χ0n) is 13.1. The Morgan fingerprint density at radius 3 is 1.84 bits per heavy atom. The fourth-order valence-corrected chi connectivity index (χ4v) is 3.06. The van der Waals surface area contributed by atoms with Crippen molar-refractivity contribution in [2.45, 2.75) is 64.8 Å². The highest BCUT2D eigenvalue weighted by molar-refractivity contribution is 7.80. The van der Waals surface area contributed by atoms with Gasteiger partial charge < -0.3 is 4.90 Å². The van der Waals surface area contributed by atoms with Gasteiger partial charge in [0.1, 0.15) is 0 Å². The molecule has 0 aromatic heterocycles. The maximum Gasteiger partial charge on any atom is 0.0113 e. The molecule has 1 rings (SSSR count). The minimum Gasteiger partial charge on any atom is -0.301 e. The molecule has 0 bridgehead atoms. The van der Waals surface area contributed by atoms with Gasteiger partial charge in [0.2, 0.25) is 0 Å². The van der Waals surface area contributed by atoms with Crippen molar-refractivity contribution in [3.8, 4) is 0 Å². The van der Waals surface area contributed by atoms with Crippen LogP contribution in [0.4, 0.5) is 0 Å². The van der Waals surface area contributed by atoms with Crippen LogP contribution < -0.4 is 0 Å². The van der Waals surface area contributed by atoms with Crippen molar-refractivity contribution in [3.63, 3.8) is 0 Å². The van der Waals surface area contributed by atoms with Crippen molar-refractivity contribution in [1.29, 1.82) is 0 Å². The van der Waals surface area contributed by atoms with E-state index in [4.69, 9.17) is 0 Å². The molecule has 0 amide bonds. The number of nitrogens with zero attached hydrogens (tertiary/aromatic N) is 2. The zero-order chi connectivity index (χ0) is 13.9. The standard InChI is InChI=1S/C16H34N2S/c1-16(2)18-13-11-17(12-14-18)10-8-6-4-3-5-7-9-15-19/h16,19H,3-15H2,1-2H3. The first-order valence-electron chi connectivity index (χ1n) is 8.31. The van der Waals surface area contributed by atoms with Gasteiger partial charge in [0.15, 0.2) is 0 Å². The molecule has 2 nitrogen and oxygen atoms in total. The van der Waals surface area contributed by atoms with Crippen LogP contribution in [0.2, 0.25) is 0 Å². The van der Waals surface area contributed by atoms with Crippen LogP contribution >= 0.6 is 12.6 Å². The molecule has 1 heterocycles. The number of hydrogen-bond donors (Lipinski definition) is 1. The summed E-state index contributed by atoms with van der Waals surface area (Å²) in [5.41, 5.74) is 0. The van der Waals surface area contributed by atoms with Crippen molar-refractivity contribution in [2.24, 2.45) is 0 Å². The molecule has 0 aromatic carbocycles. The molecule has 0 saturated carbocycles. The zero-order valence-corrected chi connectivity index (χ0v) is 14.0. The Bertz CT molecular complexity index is 201. The third-order valence-electron chi connectivity index (χ3n) is 4.27. The summed E-state index contributed by atoms with van der Waals surface area (Å²) in [6.45, 7) is 11.0. The fourth-order valence-electron chi connectivity index (χ4n) is 2.83. The monoisotopic (exact) mass is 286 g/mol. The van der Waals surface area contributed by atoms with Gasteiger partial charge in [-0.05, 0) is 39.0 Å². The summed E-state index contributed by atoms with van der Waals surface area (Å²) >= 11 is 4.25. The van der Waals surface area contributed by atoms with E-state index in [0.717, 1.165) is 11.8 Å². The SMILES string of the molecule is CC(C)N1CCN(CCCCCCCCCS)CC1. The van der Waals surface area contributed by atoms with Gasteiger partial charge in [-0.25, -0.2) is 0 Å². The lowest BCUT2D eigenvalue weighted by molar-refractivity contribution is 0.107. The second-order valence-electron chi connectivity index (χ2n) is 6.17.